The molecule has 0 unspecified atom stereocenters. The van der Waals surface area contributed by atoms with E-state index in [-0.39, 0.29) is 0 Å². The van der Waals surface area contributed by atoms with Gasteiger partial charge in [0.25, 0.3) is 0 Å². The largest absolute Gasteiger partial charge is 0.397 e. The molecule has 3 aromatic heterocycles. The van der Waals surface area contributed by atoms with E-state index in [9.17, 15) is 0 Å². The van der Waals surface area contributed by atoms with E-state index < -0.39 is 0 Å². The maximum absolute atomic E-state index is 5.85. The lowest BCUT2D eigenvalue weighted by atomic mass is 10.1. The first kappa shape index (κ1) is 15.6. The average Bonchev–Trinajstić information content (AvgIpc) is 3.38. The van der Waals surface area contributed by atoms with Crippen molar-refractivity contribution in [2.75, 3.05) is 4.90 Å². The van der Waals surface area contributed by atoms with Gasteiger partial charge in [-0.15, -0.1) is 0 Å². The molecule has 0 saturated carbocycles. The van der Waals surface area contributed by atoms with Gasteiger partial charge in [0.2, 0.25) is 0 Å². The summed E-state index contributed by atoms with van der Waals surface area (Å²) in [5.41, 5.74) is 13.5. The van der Waals surface area contributed by atoms with Gasteiger partial charge in [0.1, 0.15) is 11.5 Å². The molecule has 1 aliphatic heterocycles. The predicted molar refractivity (Wildman–Crippen MR) is 105 cm³/mol. The molecule has 1 aromatic carbocycles. The Hall–Kier alpha value is -3.61. The normalized spacial score (nSPS) is 13.3. The van der Waals surface area contributed by atoms with Crippen LogP contribution < -0.4 is 10.6 Å². The fourth-order valence-corrected chi connectivity index (χ4v) is 3.56. The van der Waals surface area contributed by atoms with Crippen molar-refractivity contribution in [2.24, 2.45) is 5.73 Å². The van der Waals surface area contributed by atoms with Crippen LogP contribution in [0, 0.1) is 6.92 Å². The average molecular weight is 357 g/mol. The smallest absolute Gasteiger partial charge is 0.158 e. The maximum Gasteiger partial charge on any atom is 0.158 e. The van der Waals surface area contributed by atoms with Crippen LogP contribution in [0.5, 0.6) is 0 Å². The second-order valence-corrected chi connectivity index (χ2v) is 6.94. The second kappa shape index (κ2) is 5.70. The number of aromatic nitrogens is 5. The lowest BCUT2D eigenvalue weighted by molar-refractivity contribution is 0.846. The third-order valence-corrected chi connectivity index (χ3v) is 4.94. The van der Waals surface area contributed by atoms with Crippen LogP contribution in [0.3, 0.4) is 0 Å². The minimum Gasteiger partial charge on any atom is -0.397 e. The van der Waals surface area contributed by atoms with E-state index >= 15 is 0 Å². The Bertz CT molecular complexity index is 1170. The molecular formula is C20H19N7. The molecule has 5 rings (SSSR count). The van der Waals surface area contributed by atoms with Gasteiger partial charge in [0.05, 0.1) is 17.6 Å². The Labute approximate surface area is 156 Å². The number of aryl methyl sites for hydroxylation is 1. The van der Waals surface area contributed by atoms with Crippen molar-refractivity contribution in [3.8, 4) is 11.3 Å². The number of rotatable bonds is 3. The Balaban J connectivity index is 1.64. The Kier molecular flexibility index (Phi) is 3.30. The van der Waals surface area contributed by atoms with Crippen molar-refractivity contribution >= 4 is 17.2 Å². The molecule has 0 aliphatic carbocycles. The molecule has 7 heteroatoms. The highest BCUT2D eigenvalue weighted by atomic mass is 15.3. The van der Waals surface area contributed by atoms with Crippen molar-refractivity contribution in [3.63, 3.8) is 0 Å². The summed E-state index contributed by atoms with van der Waals surface area (Å²) in [6, 6.07) is 10.5. The summed E-state index contributed by atoms with van der Waals surface area (Å²) >= 11 is 0. The summed E-state index contributed by atoms with van der Waals surface area (Å²) in [6.45, 7) is 7.60. The molecule has 0 spiro atoms. The predicted octanol–water partition coefficient (Wildman–Crippen LogP) is 2.88. The first-order valence-electron chi connectivity index (χ1n) is 8.76. The first-order valence-corrected chi connectivity index (χ1v) is 8.76. The van der Waals surface area contributed by atoms with Gasteiger partial charge in [-0.1, -0.05) is 30.3 Å². The number of benzene rings is 1. The first-order chi connectivity index (χ1) is 13.1. The maximum atomic E-state index is 5.85. The molecule has 134 valence electrons. The molecule has 0 bridgehead atoms. The highest BCUT2D eigenvalue weighted by molar-refractivity contribution is 5.70. The van der Waals surface area contributed by atoms with Crippen molar-refractivity contribution in [1.82, 2.24) is 24.8 Å². The van der Waals surface area contributed by atoms with E-state index in [2.05, 4.69) is 51.9 Å². The van der Waals surface area contributed by atoms with Gasteiger partial charge in [-0.2, -0.15) is 10.2 Å². The summed E-state index contributed by atoms with van der Waals surface area (Å²) in [5, 5.41) is 11.5. The minimum atomic E-state index is 0.421. The number of fused-ring (bicyclic) bond motifs is 2. The van der Waals surface area contributed by atoms with Gasteiger partial charge >= 0.3 is 0 Å². The number of nitrogens with two attached hydrogens (primary N) is 1. The van der Waals surface area contributed by atoms with E-state index in [1.54, 1.807) is 10.7 Å². The number of aromatic amines is 1. The zero-order chi connectivity index (χ0) is 18.5. The second-order valence-electron chi connectivity index (χ2n) is 6.94. The summed E-state index contributed by atoms with van der Waals surface area (Å²) in [7, 11) is 0. The van der Waals surface area contributed by atoms with Crippen LogP contribution in [0.1, 0.15) is 22.4 Å². The molecule has 0 saturated heterocycles. The van der Waals surface area contributed by atoms with Crippen molar-refractivity contribution < 1.29 is 0 Å². The van der Waals surface area contributed by atoms with Gasteiger partial charge in [-0.25, -0.2) is 9.50 Å². The van der Waals surface area contributed by atoms with Crippen molar-refractivity contribution in [1.29, 1.82) is 0 Å². The number of H-pyrrole nitrogens is 1. The number of hydrogen-bond donors (Lipinski definition) is 2. The third kappa shape index (κ3) is 2.55. The molecule has 7 nitrogen and oxygen atoms in total. The fourth-order valence-electron chi connectivity index (χ4n) is 3.56. The molecule has 4 aromatic rings. The van der Waals surface area contributed by atoms with Gasteiger partial charge < -0.3 is 10.6 Å². The number of nitrogens with zero attached hydrogens (tertiary/aromatic N) is 5. The quantitative estimate of drug-likeness (QED) is 0.589. The van der Waals surface area contributed by atoms with Gasteiger partial charge in [0, 0.05) is 37.0 Å². The number of anilines is 1. The van der Waals surface area contributed by atoms with Crippen LogP contribution in [-0.2, 0) is 13.1 Å². The molecule has 3 N–H and O–H groups in total. The van der Waals surface area contributed by atoms with Crippen LogP contribution >= 0.6 is 0 Å². The number of nitrogens with one attached hydrogen (secondary N) is 1. The molecule has 27 heavy (non-hydrogen) atoms. The summed E-state index contributed by atoms with van der Waals surface area (Å²) in [5.74, 6) is 0.904. The highest BCUT2D eigenvalue weighted by Crippen LogP contribution is 2.31. The van der Waals surface area contributed by atoms with Gasteiger partial charge in [-0.05, 0) is 18.1 Å². The van der Waals surface area contributed by atoms with Crippen molar-refractivity contribution in [2.45, 2.75) is 20.0 Å². The molecule has 0 fully saturated rings. The van der Waals surface area contributed by atoms with Crippen LogP contribution in [0.4, 0.5) is 5.82 Å². The summed E-state index contributed by atoms with van der Waals surface area (Å²) in [6.07, 6.45) is 3.62. The van der Waals surface area contributed by atoms with Gasteiger partial charge in [-0.3, -0.25) is 5.10 Å². The van der Waals surface area contributed by atoms with Crippen LogP contribution in [0.25, 0.3) is 22.6 Å². The standard InChI is InChI=1S/C20H19N7/c1-12-3-4-14-10-26(11-15(14)5-12)19-7-18(16-8-22-23-9-16)27-20(24-19)6-17(25-27)13(2)21/h3-9H,2,10-11,21H2,1H3,(H,22,23). The van der Waals surface area contributed by atoms with E-state index in [1.165, 1.54) is 16.7 Å². The van der Waals surface area contributed by atoms with E-state index in [0.29, 0.717) is 11.4 Å². The molecule has 0 atom stereocenters. The van der Waals surface area contributed by atoms with Crippen LogP contribution in [0.15, 0.2) is 49.3 Å². The Morgan fingerprint density at radius 2 is 2.04 bits per heavy atom. The van der Waals surface area contributed by atoms with Crippen molar-refractivity contribution in [3.05, 3.63) is 71.7 Å². The zero-order valence-corrected chi connectivity index (χ0v) is 15.0. The Morgan fingerprint density at radius 3 is 2.81 bits per heavy atom. The lowest BCUT2D eigenvalue weighted by Crippen LogP contribution is -2.17. The fraction of sp³-hybridized carbons (Fsp3) is 0.150. The monoisotopic (exact) mass is 357 g/mol. The molecule has 0 amide bonds. The topological polar surface area (TPSA) is 88.1 Å². The molecule has 1 aliphatic rings. The third-order valence-electron chi connectivity index (χ3n) is 4.94. The number of hydrogen-bond acceptors (Lipinski definition) is 5. The minimum absolute atomic E-state index is 0.421. The molecule has 4 heterocycles. The zero-order valence-electron chi connectivity index (χ0n) is 15.0. The van der Waals surface area contributed by atoms with Crippen LogP contribution in [-0.4, -0.2) is 24.8 Å². The van der Waals surface area contributed by atoms with Crippen LogP contribution in [0.2, 0.25) is 0 Å². The highest BCUT2D eigenvalue weighted by Gasteiger charge is 2.22. The van der Waals surface area contributed by atoms with Gasteiger partial charge in [0.15, 0.2) is 5.65 Å². The molecular weight excluding hydrogens is 338 g/mol. The SMILES string of the molecule is C=C(N)c1cc2nc(N3Cc4ccc(C)cc4C3)cc(-c3cn[nH]c3)n2n1. The Morgan fingerprint density at radius 1 is 1.19 bits per heavy atom. The summed E-state index contributed by atoms with van der Waals surface area (Å²) < 4.78 is 1.79. The lowest BCUT2D eigenvalue weighted by Gasteiger charge is -2.17. The van der Waals surface area contributed by atoms with E-state index in [0.717, 1.165) is 35.8 Å². The molecule has 0 radical (unpaired) electrons. The summed E-state index contributed by atoms with van der Waals surface area (Å²) in [4.78, 5) is 7.11. The van der Waals surface area contributed by atoms with E-state index in [1.807, 2.05) is 18.3 Å². The van der Waals surface area contributed by atoms with E-state index in [4.69, 9.17) is 10.7 Å².